The molecule has 1 aromatic carbocycles. The van der Waals surface area contributed by atoms with E-state index in [0.717, 1.165) is 45.9 Å². The fourth-order valence-corrected chi connectivity index (χ4v) is 4.73. The van der Waals surface area contributed by atoms with Gasteiger partial charge in [-0.1, -0.05) is 31.5 Å². The number of benzene rings is 1. The maximum Gasteiger partial charge on any atom is 0.221 e. The second-order valence-corrected chi connectivity index (χ2v) is 8.54. The molecule has 0 bridgehead atoms. The summed E-state index contributed by atoms with van der Waals surface area (Å²) in [5.74, 6) is -0.0953. The number of aromatic nitrogens is 1. The predicted molar refractivity (Wildman–Crippen MR) is 131 cm³/mol. The first-order valence-electron chi connectivity index (χ1n) is 10.1. The Morgan fingerprint density at radius 2 is 2.06 bits per heavy atom. The number of hydrogen-bond acceptors (Lipinski definition) is 5. The van der Waals surface area contributed by atoms with Crippen molar-refractivity contribution in [2.75, 3.05) is 10.6 Å². The molecule has 2 N–H and O–H groups in total. The summed E-state index contributed by atoms with van der Waals surface area (Å²) in [6, 6.07) is 11.7. The molecule has 0 fully saturated rings. The number of carbonyl (C=O) groups excluding carboxylic acids is 1. The van der Waals surface area contributed by atoms with Gasteiger partial charge in [0.2, 0.25) is 5.91 Å². The number of carbonyl (C=O) groups is 1. The van der Waals surface area contributed by atoms with Crippen LogP contribution in [0.15, 0.2) is 59.3 Å². The van der Waals surface area contributed by atoms with Gasteiger partial charge in [-0.15, -0.1) is 11.3 Å². The first-order valence-corrected chi connectivity index (χ1v) is 11.4. The Kier molecular flexibility index (Phi) is 6.39. The number of thiophene rings is 1. The van der Waals surface area contributed by atoms with E-state index in [1.165, 1.54) is 12.5 Å². The van der Waals surface area contributed by atoms with E-state index in [9.17, 15) is 4.79 Å². The van der Waals surface area contributed by atoms with E-state index in [0.29, 0.717) is 11.7 Å². The van der Waals surface area contributed by atoms with Crippen LogP contribution in [-0.2, 0) is 17.8 Å². The minimum absolute atomic E-state index is 0.0953. The number of aryl methyl sites for hydroxylation is 1. The third-order valence-corrected chi connectivity index (χ3v) is 6.09. The number of nitrogens with one attached hydrogen (secondary N) is 2. The molecule has 0 radical (unpaired) electrons. The third kappa shape index (κ3) is 4.81. The Balaban J connectivity index is 1.78. The number of thiocarbonyl (C=S) groups is 1. The second-order valence-electron chi connectivity index (χ2n) is 7.27. The quantitative estimate of drug-likeness (QED) is 0.517. The van der Waals surface area contributed by atoms with Gasteiger partial charge in [0.15, 0.2) is 5.11 Å². The predicted octanol–water partition coefficient (Wildman–Crippen LogP) is 5.02. The maximum absolute atomic E-state index is 11.4. The molecule has 0 saturated heterocycles. The fourth-order valence-electron chi connectivity index (χ4n) is 3.46. The van der Waals surface area contributed by atoms with Crippen molar-refractivity contribution < 1.29 is 4.79 Å². The van der Waals surface area contributed by atoms with Gasteiger partial charge in [-0.2, -0.15) is 5.10 Å². The third-order valence-electron chi connectivity index (χ3n) is 4.83. The highest BCUT2D eigenvalue weighted by molar-refractivity contribution is 7.80. The van der Waals surface area contributed by atoms with Crippen molar-refractivity contribution in [3.8, 4) is 0 Å². The van der Waals surface area contributed by atoms with E-state index >= 15 is 0 Å². The van der Waals surface area contributed by atoms with Crippen molar-refractivity contribution in [3.63, 3.8) is 0 Å². The van der Waals surface area contributed by atoms with Crippen molar-refractivity contribution >= 4 is 51.0 Å². The molecule has 1 amide bonds. The summed E-state index contributed by atoms with van der Waals surface area (Å²) in [4.78, 5) is 15.6. The molecule has 158 valence electrons. The van der Waals surface area contributed by atoms with Crippen LogP contribution in [0, 0.1) is 0 Å². The summed E-state index contributed by atoms with van der Waals surface area (Å²) < 4.78 is 0. The zero-order chi connectivity index (χ0) is 21.8. The number of fused-ring (bicyclic) bond motifs is 1. The molecule has 0 unspecified atom stereocenters. The smallest absolute Gasteiger partial charge is 0.221 e. The topological polar surface area (TPSA) is 69.6 Å². The molecular formula is C23H23N5OS2. The van der Waals surface area contributed by atoms with Gasteiger partial charge in [0.1, 0.15) is 10.7 Å². The first-order chi connectivity index (χ1) is 15.0. The van der Waals surface area contributed by atoms with Gasteiger partial charge in [-0.05, 0) is 53.3 Å². The lowest BCUT2D eigenvalue weighted by atomic mass is 9.98. The molecule has 3 heterocycles. The minimum Gasteiger partial charge on any atom is -0.326 e. The SMILES string of the molecule is CCCc1csc2c1C(c1ccc(NC(C)=O)cc1)=NN(Cc1cccnc1)C(=S)N2. The summed E-state index contributed by atoms with van der Waals surface area (Å²) in [7, 11) is 0. The number of pyridine rings is 1. The van der Waals surface area contributed by atoms with Gasteiger partial charge in [-0.3, -0.25) is 9.78 Å². The highest BCUT2D eigenvalue weighted by atomic mass is 32.1. The highest BCUT2D eigenvalue weighted by Crippen LogP contribution is 2.34. The van der Waals surface area contributed by atoms with Crippen LogP contribution in [0.1, 0.15) is 42.5 Å². The number of rotatable bonds is 6. The minimum atomic E-state index is -0.0953. The van der Waals surface area contributed by atoms with Crippen LogP contribution in [-0.4, -0.2) is 26.7 Å². The molecule has 3 aromatic rings. The molecule has 6 nitrogen and oxygen atoms in total. The van der Waals surface area contributed by atoms with Gasteiger partial charge in [-0.25, -0.2) is 5.01 Å². The summed E-state index contributed by atoms with van der Waals surface area (Å²) in [5, 5.41) is 16.8. The molecule has 8 heteroatoms. The average molecular weight is 450 g/mol. The summed E-state index contributed by atoms with van der Waals surface area (Å²) in [6.07, 6.45) is 5.58. The Morgan fingerprint density at radius 3 is 2.74 bits per heavy atom. The lowest BCUT2D eigenvalue weighted by Gasteiger charge is -2.19. The molecule has 1 aliphatic rings. The Bertz CT molecular complexity index is 1120. The number of hydrogen-bond donors (Lipinski definition) is 2. The molecule has 0 atom stereocenters. The number of anilines is 2. The average Bonchev–Trinajstić information content (AvgIpc) is 3.08. The van der Waals surface area contributed by atoms with Crippen molar-refractivity contribution in [1.82, 2.24) is 9.99 Å². The van der Waals surface area contributed by atoms with Gasteiger partial charge >= 0.3 is 0 Å². The lowest BCUT2D eigenvalue weighted by Crippen LogP contribution is -2.29. The highest BCUT2D eigenvalue weighted by Gasteiger charge is 2.25. The van der Waals surface area contributed by atoms with Gasteiger partial charge in [0, 0.05) is 36.1 Å². The molecule has 4 rings (SSSR count). The monoisotopic (exact) mass is 449 g/mol. The van der Waals surface area contributed by atoms with Crippen LogP contribution in [0.2, 0.25) is 0 Å². The van der Waals surface area contributed by atoms with E-state index in [-0.39, 0.29) is 5.91 Å². The van der Waals surface area contributed by atoms with Crippen molar-refractivity contribution in [2.24, 2.45) is 5.10 Å². The van der Waals surface area contributed by atoms with Gasteiger partial charge in [0.25, 0.3) is 0 Å². The van der Waals surface area contributed by atoms with Gasteiger partial charge < -0.3 is 10.6 Å². The van der Waals surface area contributed by atoms with Crippen LogP contribution in [0.5, 0.6) is 0 Å². The van der Waals surface area contributed by atoms with Crippen molar-refractivity contribution in [3.05, 3.63) is 76.4 Å². The Morgan fingerprint density at radius 1 is 1.26 bits per heavy atom. The Labute approximate surface area is 191 Å². The summed E-state index contributed by atoms with van der Waals surface area (Å²) in [5.41, 5.74) is 5.96. The standard InChI is InChI=1S/C23H23N5OS2/c1-3-5-18-14-31-22-20(18)21(17-7-9-19(10-8-17)25-15(2)29)27-28(23(30)26-22)13-16-6-4-11-24-12-16/h4,6-12,14H,3,5,13H2,1-2H3,(H,25,29)(H,26,30). The maximum atomic E-state index is 11.4. The van der Waals surface area contributed by atoms with Crippen LogP contribution in [0.3, 0.4) is 0 Å². The molecule has 1 aliphatic heterocycles. The lowest BCUT2D eigenvalue weighted by molar-refractivity contribution is -0.114. The van der Waals surface area contributed by atoms with E-state index < -0.39 is 0 Å². The van der Waals surface area contributed by atoms with Gasteiger partial charge in [0.05, 0.1) is 6.54 Å². The zero-order valence-corrected chi connectivity index (χ0v) is 19.0. The normalized spacial score (nSPS) is 13.2. The summed E-state index contributed by atoms with van der Waals surface area (Å²) >= 11 is 7.33. The van der Waals surface area contributed by atoms with E-state index in [1.54, 1.807) is 17.5 Å². The van der Waals surface area contributed by atoms with Crippen LogP contribution < -0.4 is 10.6 Å². The molecular weight excluding hydrogens is 426 g/mol. The van der Waals surface area contributed by atoms with Crippen LogP contribution in [0.25, 0.3) is 0 Å². The van der Waals surface area contributed by atoms with E-state index in [2.05, 4.69) is 27.9 Å². The molecule has 0 saturated carbocycles. The molecule has 0 spiro atoms. The zero-order valence-electron chi connectivity index (χ0n) is 17.4. The van der Waals surface area contributed by atoms with E-state index in [1.807, 2.05) is 47.6 Å². The molecule has 2 aromatic heterocycles. The second kappa shape index (κ2) is 9.36. The number of nitrogens with zero attached hydrogens (tertiary/aromatic N) is 3. The fraction of sp³-hybridized carbons (Fsp3) is 0.217. The first kappa shape index (κ1) is 21.1. The van der Waals surface area contributed by atoms with E-state index in [4.69, 9.17) is 17.3 Å². The number of amides is 1. The van der Waals surface area contributed by atoms with Crippen LogP contribution >= 0.6 is 23.6 Å². The molecule has 0 aliphatic carbocycles. The largest absolute Gasteiger partial charge is 0.326 e. The molecule has 31 heavy (non-hydrogen) atoms. The number of hydrazone groups is 1. The summed E-state index contributed by atoms with van der Waals surface area (Å²) in [6.45, 7) is 4.19. The van der Waals surface area contributed by atoms with Crippen LogP contribution in [0.4, 0.5) is 10.7 Å². The van der Waals surface area contributed by atoms with Crippen molar-refractivity contribution in [2.45, 2.75) is 33.2 Å². The Hall–Kier alpha value is -3.10. The van der Waals surface area contributed by atoms with Crippen molar-refractivity contribution in [1.29, 1.82) is 0 Å².